The number of ether oxygens (including phenoxy) is 1. The van der Waals surface area contributed by atoms with Gasteiger partial charge in [0.15, 0.2) is 6.61 Å². The molecule has 0 aromatic heterocycles. The molecule has 0 heterocycles. The first kappa shape index (κ1) is 16.7. The van der Waals surface area contributed by atoms with Crippen LogP contribution >= 0.6 is 0 Å². The van der Waals surface area contributed by atoms with Crippen LogP contribution < -0.4 is 10.1 Å². The first-order valence-corrected chi connectivity index (χ1v) is 6.65. The van der Waals surface area contributed by atoms with Crippen molar-refractivity contribution in [2.75, 3.05) is 11.9 Å². The number of carbonyl (C=O) groups excluding carboxylic acids is 1. The predicted molar refractivity (Wildman–Crippen MR) is 78.4 cm³/mol. The van der Waals surface area contributed by atoms with Gasteiger partial charge in [0, 0.05) is 0 Å². The van der Waals surface area contributed by atoms with Gasteiger partial charge in [-0.05, 0) is 42.8 Å². The molecular weight excluding hydrogens is 311 g/mol. The topological polar surface area (TPSA) is 58.6 Å². The summed E-state index contributed by atoms with van der Waals surface area (Å²) in [6, 6.07) is 8.95. The third kappa shape index (κ3) is 4.64. The second-order valence-corrected chi connectivity index (χ2v) is 4.88. The summed E-state index contributed by atoms with van der Waals surface area (Å²) in [6.45, 7) is 1.30. The van der Waals surface area contributed by atoms with Crippen molar-refractivity contribution >= 4 is 11.6 Å². The third-order valence-electron chi connectivity index (χ3n) is 2.96. The van der Waals surface area contributed by atoms with E-state index in [1.54, 1.807) is 13.0 Å². The van der Waals surface area contributed by atoms with E-state index in [-0.39, 0.29) is 17.2 Å². The molecule has 0 bridgehead atoms. The van der Waals surface area contributed by atoms with Gasteiger partial charge in [-0.2, -0.15) is 13.2 Å². The predicted octanol–water partition coefficient (Wildman–Crippen LogP) is 3.74. The van der Waals surface area contributed by atoms with Crippen LogP contribution in [0, 0.1) is 6.92 Å². The second kappa shape index (κ2) is 6.60. The zero-order valence-electron chi connectivity index (χ0n) is 12.1. The molecule has 0 aliphatic rings. The van der Waals surface area contributed by atoms with E-state index in [0.29, 0.717) is 0 Å². The number of alkyl halides is 3. The fourth-order valence-corrected chi connectivity index (χ4v) is 1.84. The first-order valence-electron chi connectivity index (χ1n) is 6.65. The Bertz CT molecular complexity index is 714. The molecule has 122 valence electrons. The molecule has 0 aliphatic heterocycles. The number of phenolic OH excluding ortho intramolecular Hbond substituents is 1. The number of rotatable bonds is 4. The number of anilines is 1. The summed E-state index contributed by atoms with van der Waals surface area (Å²) in [6.07, 6.45) is -4.48. The summed E-state index contributed by atoms with van der Waals surface area (Å²) in [5, 5.41) is 12.1. The average Bonchev–Trinajstić information content (AvgIpc) is 2.47. The minimum atomic E-state index is -4.48. The summed E-state index contributed by atoms with van der Waals surface area (Å²) in [5.41, 5.74) is 0.167. The van der Waals surface area contributed by atoms with E-state index in [4.69, 9.17) is 4.74 Å². The number of halogens is 3. The lowest BCUT2D eigenvalue weighted by atomic mass is 10.2. The van der Waals surface area contributed by atoms with Crippen LogP contribution in [0.2, 0.25) is 0 Å². The smallest absolute Gasteiger partial charge is 0.416 e. The van der Waals surface area contributed by atoms with Crippen molar-refractivity contribution in [1.82, 2.24) is 0 Å². The Kier molecular flexibility index (Phi) is 4.78. The molecule has 2 rings (SSSR count). The maximum Gasteiger partial charge on any atom is 0.416 e. The largest absolute Gasteiger partial charge is 0.506 e. The fraction of sp³-hybridized carbons (Fsp3) is 0.188. The standard InChI is InChI=1S/C16H14F3NO3/c1-10-5-6-13(14(21)7-10)20-15(22)9-23-12-4-2-3-11(8-12)16(17,18)19/h2-8,21H,9H2,1H3,(H,20,22). The lowest BCUT2D eigenvalue weighted by Gasteiger charge is -2.11. The van der Waals surface area contributed by atoms with E-state index in [9.17, 15) is 23.1 Å². The van der Waals surface area contributed by atoms with Crippen molar-refractivity contribution in [3.05, 3.63) is 53.6 Å². The van der Waals surface area contributed by atoms with E-state index in [1.165, 1.54) is 24.3 Å². The highest BCUT2D eigenvalue weighted by atomic mass is 19.4. The molecule has 0 aliphatic carbocycles. The lowest BCUT2D eigenvalue weighted by molar-refractivity contribution is -0.137. The molecule has 0 saturated heterocycles. The highest BCUT2D eigenvalue weighted by Gasteiger charge is 2.30. The van der Waals surface area contributed by atoms with Gasteiger partial charge >= 0.3 is 6.18 Å². The molecule has 0 spiro atoms. The molecule has 4 nitrogen and oxygen atoms in total. The van der Waals surface area contributed by atoms with Crippen molar-refractivity contribution in [3.8, 4) is 11.5 Å². The van der Waals surface area contributed by atoms with Crippen molar-refractivity contribution in [3.63, 3.8) is 0 Å². The van der Waals surface area contributed by atoms with Crippen molar-refractivity contribution < 1.29 is 27.8 Å². The van der Waals surface area contributed by atoms with Gasteiger partial charge in [0.2, 0.25) is 0 Å². The Morgan fingerprint density at radius 1 is 1.22 bits per heavy atom. The molecule has 0 unspecified atom stereocenters. The van der Waals surface area contributed by atoms with Gasteiger partial charge < -0.3 is 15.2 Å². The molecule has 7 heteroatoms. The van der Waals surface area contributed by atoms with E-state index in [0.717, 1.165) is 17.7 Å². The molecular formula is C16H14F3NO3. The van der Waals surface area contributed by atoms with Gasteiger partial charge in [-0.1, -0.05) is 12.1 Å². The highest BCUT2D eigenvalue weighted by molar-refractivity contribution is 5.93. The monoisotopic (exact) mass is 325 g/mol. The summed E-state index contributed by atoms with van der Waals surface area (Å²) < 4.78 is 42.8. The van der Waals surface area contributed by atoms with Crippen LogP contribution in [0.1, 0.15) is 11.1 Å². The zero-order chi connectivity index (χ0) is 17.0. The summed E-state index contributed by atoms with van der Waals surface area (Å²) in [7, 11) is 0. The third-order valence-corrected chi connectivity index (χ3v) is 2.96. The number of aromatic hydroxyl groups is 1. The SMILES string of the molecule is Cc1ccc(NC(=O)COc2cccc(C(F)(F)F)c2)c(O)c1. The molecule has 2 N–H and O–H groups in total. The quantitative estimate of drug-likeness (QED) is 0.842. The summed E-state index contributed by atoms with van der Waals surface area (Å²) >= 11 is 0. The minimum absolute atomic E-state index is 0.0666. The Hall–Kier alpha value is -2.70. The van der Waals surface area contributed by atoms with Gasteiger partial charge in [-0.25, -0.2) is 0 Å². The average molecular weight is 325 g/mol. The maximum atomic E-state index is 12.6. The van der Waals surface area contributed by atoms with Crippen molar-refractivity contribution in [2.45, 2.75) is 13.1 Å². The van der Waals surface area contributed by atoms with Crippen LogP contribution in [0.25, 0.3) is 0 Å². The van der Waals surface area contributed by atoms with E-state index in [1.807, 2.05) is 0 Å². The van der Waals surface area contributed by atoms with Crippen molar-refractivity contribution in [2.24, 2.45) is 0 Å². The van der Waals surface area contributed by atoms with Crippen LogP contribution in [0.3, 0.4) is 0 Å². The van der Waals surface area contributed by atoms with Crippen LogP contribution in [0.15, 0.2) is 42.5 Å². The molecule has 0 fully saturated rings. The van der Waals surface area contributed by atoms with Crippen LogP contribution in [-0.2, 0) is 11.0 Å². The Morgan fingerprint density at radius 2 is 1.96 bits per heavy atom. The van der Waals surface area contributed by atoms with Crippen LogP contribution in [-0.4, -0.2) is 17.6 Å². The van der Waals surface area contributed by atoms with Gasteiger partial charge in [0.25, 0.3) is 5.91 Å². The molecule has 0 atom stereocenters. The lowest BCUT2D eigenvalue weighted by Crippen LogP contribution is -2.20. The van der Waals surface area contributed by atoms with Gasteiger partial charge in [0.05, 0.1) is 11.3 Å². The maximum absolute atomic E-state index is 12.6. The van der Waals surface area contributed by atoms with Crippen LogP contribution in [0.4, 0.5) is 18.9 Å². The van der Waals surface area contributed by atoms with E-state index < -0.39 is 24.3 Å². The number of carbonyl (C=O) groups is 1. The van der Waals surface area contributed by atoms with Gasteiger partial charge in [-0.3, -0.25) is 4.79 Å². The van der Waals surface area contributed by atoms with Crippen molar-refractivity contribution in [1.29, 1.82) is 0 Å². The highest BCUT2D eigenvalue weighted by Crippen LogP contribution is 2.31. The molecule has 0 radical (unpaired) electrons. The summed E-state index contributed by atoms with van der Waals surface area (Å²) in [5.74, 6) is -0.762. The molecule has 2 aromatic rings. The first-order chi connectivity index (χ1) is 10.8. The molecule has 0 saturated carbocycles. The zero-order valence-corrected chi connectivity index (χ0v) is 12.1. The number of phenols is 1. The Morgan fingerprint density at radius 3 is 2.61 bits per heavy atom. The molecule has 2 aromatic carbocycles. The molecule has 23 heavy (non-hydrogen) atoms. The van der Waals surface area contributed by atoms with Gasteiger partial charge in [0.1, 0.15) is 11.5 Å². The summed E-state index contributed by atoms with van der Waals surface area (Å²) in [4.78, 5) is 11.7. The number of hydrogen-bond donors (Lipinski definition) is 2. The second-order valence-electron chi connectivity index (χ2n) is 4.88. The number of amides is 1. The number of benzene rings is 2. The number of hydrogen-bond acceptors (Lipinski definition) is 3. The van der Waals surface area contributed by atoms with E-state index >= 15 is 0 Å². The number of aryl methyl sites for hydroxylation is 1. The Labute approximate surface area is 130 Å². The number of nitrogens with one attached hydrogen (secondary N) is 1. The fourth-order valence-electron chi connectivity index (χ4n) is 1.84. The Balaban J connectivity index is 1.97. The van der Waals surface area contributed by atoms with Crippen LogP contribution in [0.5, 0.6) is 11.5 Å². The molecule has 1 amide bonds. The van der Waals surface area contributed by atoms with E-state index in [2.05, 4.69) is 5.32 Å². The normalized spacial score (nSPS) is 11.1. The van der Waals surface area contributed by atoms with Gasteiger partial charge in [-0.15, -0.1) is 0 Å². The minimum Gasteiger partial charge on any atom is -0.506 e.